The maximum atomic E-state index is 12.4. The highest BCUT2D eigenvalue weighted by molar-refractivity contribution is 7.98. The van der Waals surface area contributed by atoms with Crippen LogP contribution in [0.3, 0.4) is 0 Å². The van der Waals surface area contributed by atoms with Gasteiger partial charge in [-0.25, -0.2) is 9.59 Å². The largest absolute Gasteiger partial charge is 0.497 e. The summed E-state index contributed by atoms with van der Waals surface area (Å²) in [5.41, 5.74) is 0.978. The first kappa shape index (κ1) is 17.1. The molecule has 2 aromatic carbocycles. The Kier molecular flexibility index (Phi) is 5.09. The fourth-order valence-electron chi connectivity index (χ4n) is 2.49. The van der Waals surface area contributed by atoms with Crippen molar-refractivity contribution in [3.05, 3.63) is 70.1 Å². The standard InChI is InChI=1S/C19H16O5S/c1-22-13-7-8-14-12(9-18(20)24-16(14)10-13)11-23-19(21)15-5-3-4-6-17(15)25-2/h3-10H,11H2,1-2H3. The van der Waals surface area contributed by atoms with Crippen LogP contribution in [-0.4, -0.2) is 19.3 Å². The lowest BCUT2D eigenvalue weighted by Crippen LogP contribution is -2.09. The van der Waals surface area contributed by atoms with Crippen molar-refractivity contribution in [2.24, 2.45) is 0 Å². The molecule has 0 saturated carbocycles. The Balaban J connectivity index is 1.88. The molecule has 0 N–H and O–H groups in total. The molecule has 0 spiro atoms. The number of benzene rings is 2. The Hall–Kier alpha value is -2.73. The van der Waals surface area contributed by atoms with Crippen molar-refractivity contribution in [2.75, 3.05) is 13.4 Å². The van der Waals surface area contributed by atoms with Crippen LogP contribution in [0.5, 0.6) is 5.75 Å². The zero-order valence-electron chi connectivity index (χ0n) is 13.8. The van der Waals surface area contributed by atoms with E-state index in [-0.39, 0.29) is 6.61 Å². The smallest absolute Gasteiger partial charge is 0.339 e. The number of methoxy groups -OCH3 is 1. The highest BCUT2D eigenvalue weighted by atomic mass is 32.2. The molecule has 6 heteroatoms. The first-order chi connectivity index (χ1) is 12.1. The van der Waals surface area contributed by atoms with E-state index in [1.165, 1.54) is 24.9 Å². The van der Waals surface area contributed by atoms with Gasteiger partial charge in [0.2, 0.25) is 0 Å². The maximum Gasteiger partial charge on any atom is 0.339 e. The maximum absolute atomic E-state index is 12.4. The number of fused-ring (bicyclic) bond motifs is 1. The minimum atomic E-state index is -0.503. The summed E-state index contributed by atoms with van der Waals surface area (Å²) in [6.45, 7) is -0.0179. The second-order valence-corrected chi connectivity index (χ2v) is 6.08. The molecule has 0 aliphatic rings. The average Bonchev–Trinajstić information content (AvgIpc) is 2.65. The van der Waals surface area contributed by atoms with Gasteiger partial charge < -0.3 is 13.9 Å². The van der Waals surface area contributed by atoms with Crippen molar-refractivity contribution < 1.29 is 18.7 Å². The minimum Gasteiger partial charge on any atom is -0.497 e. The zero-order chi connectivity index (χ0) is 17.8. The normalized spacial score (nSPS) is 10.6. The van der Waals surface area contributed by atoms with Crippen LogP contribution in [0.15, 0.2) is 62.6 Å². The molecule has 0 radical (unpaired) electrons. The number of thioether (sulfide) groups is 1. The van der Waals surface area contributed by atoms with Crippen molar-refractivity contribution in [3.63, 3.8) is 0 Å². The number of hydrogen-bond donors (Lipinski definition) is 0. The van der Waals surface area contributed by atoms with Crippen molar-refractivity contribution in [2.45, 2.75) is 11.5 Å². The summed E-state index contributed by atoms with van der Waals surface area (Å²) in [4.78, 5) is 25.0. The van der Waals surface area contributed by atoms with Crippen LogP contribution < -0.4 is 10.4 Å². The van der Waals surface area contributed by atoms with E-state index in [0.717, 1.165) is 4.90 Å². The Morgan fingerprint density at radius 1 is 1.16 bits per heavy atom. The van der Waals surface area contributed by atoms with E-state index >= 15 is 0 Å². The Bertz CT molecular complexity index is 977. The molecule has 128 valence electrons. The molecule has 1 aromatic heterocycles. The van der Waals surface area contributed by atoms with Gasteiger partial charge in [0.1, 0.15) is 17.9 Å². The monoisotopic (exact) mass is 356 g/mol. The van der Waals surface area contributed by atoms with E-state index < -0.39 is 11.6 Å². The highest BCUT2D eigenvalue weighted by Crippen LogP contribution is 2.24. The molecule has 0 bridgehead atoms. The quantitative estimate of drug-likeness (QED) is 0.393. The molecule has 0 aliphatic heterocycles. The summed E-state index contributed by atoms with van der Waals surface area (Å²) in [6, 6.07) is 13.7. The molecule has 0 unspecified atom stereocenters. The molecule has 5 nitrogen and oxygen atoms in total. The molecule has 3 aromatic rings. The molecule has 3 rings (SSSR count). The Labute approximate surface area is 148 Å². The van der Waals surface area contributed by atoms with Gasteiger partial charge in [-0.3, -0.25) is 0 Å². The summed E-state index contributed by atoms with van der Waals surface area (Å²) in [5, 5.41) is 0.700. The van der Waals surface area contributed by atoms with Crippen LogP contribution in [0.4, 0.5) is 0 Å². The molecule has 0 aliphatic carbocycles. The third kappa shape index (κ3) is 3.69. The molecular weight excluding hydrogens is 340 g/mol. The van der Waals surface area contributed by atoms with Crippen LogP contribution >= 0.6 is 11.8 Å². The van der Waals surface area contributed by atoms with Gasteiger partial charge in [-0.05, 0) is 30.5 Å². The minimum absolute atomic E-state index is 0.0179. The van der Waals surface area contributed by atoms with Crippen molar-refractivity contribution in [1.82, 2.24) is 0 Å². The lowest BCUT2D eigenvalue weighted by atomic mass is 10.1. The van der Waals surface area contributed by atoms with E-state index in [9.17, 15) is 9.59 Å². The number of hydrogen-bond acceptors (Lipinski definition) is 6. The van der Waals surface area contributed by atoms with Gasteiger partial charge in [0.05, 0.1) is 12.7 Å². The van der Waals surface area contributed by atoms with Gasteiger partial charge in [-0.2, -0.15) is 0 Å². The van der Waals surface area contributed by atoms with Gasteiger partial charge >= 0.3 is 11.6 Å². The molecule has 25 heavy (non-hydrogen) atoms. The predicted molar refractivity (Wildman–Crippen MR) is 96.4 cm³/mol. The summed E-state index contributed by atoms with van der Waals surface area (Å²) >= 11 is 1.47. The van der Waals surface area contributed by atoms with Crippen LogP contribution in [0.1, 0.15) is 15.9 Å². The van der Waals surface area contributed by atoms with Crippen molar-refractivity contribution >= 4 is 28.7 Å². The lowest BCUT2D eigenvalue weighted by molar-refractivity contribution is 0.0469. The Morgan fingerprint density at radius 2 is 1.96 bits per heavy atom. The van der Waals surface area contributed by atoms with E-state index in [4.69, 9.17) is 13.9 Å². The Morgan fingerprint density at radius 3 is 2.72 bits per heavy atom. The van der Waals surface area contributed by atoms with Crippen LogP contribution in [0.2, 0.25) is 0 Å². The SMILES string of the molecule is COc1ccc2c(COC(=O)c3ccccc3SC)cc(=O)oc2c1. The fraction of sp³-hybridized carbons (Fsp3) is 0.158. The van der Waals surface area contributed by atoms with E-state index in [1.54, 1.807) is 30.3 Å². The molecule has 1 heterocycles. The second kappa shape index (κ2) is 7.44. The number of ether oxygens (including phenoxy) is 2. The molecule has 0 fully saturated rings. The summed E-state index contributed by atoms with van der Waals surface area (Å²) in [7, 11) is 1.54. The number of esters is 1. The lowest BCUT2D eigenvalue weighted by Gasteiger charge is -2.10. The molecule has 0 atom stereocenters. The van der Waals surface area contributed by atoms with E-state index in [1.807, 2.05) is 18.4 Å². The molecular formula is C19H16O5S. The van der Waals surface area contributed by atoms with Crippen LogP contribution in [0, 0.1) is 0 Å². The van der Waals surface area contributed by atoms with Crippen LogP contribution in [-0.2, 0) is 11.3 Å². The first-order valence-electron chi connectivity index (χ1n) is 7.53. The van der Waals surface area contributed by atoms with Crippen LogP contribution in [0.25, 0.3) is 11.0 Å². The third-order valence-electron chi connectivity index (χ3n) is 3.72. The summed E-state index contributed by atoms with van der Waals surface area (Å²) < 4.78 is 15.7. The zero-order valence-corrected chi connectivity index (χ0v) is 14.6. The molecule has 0 saturated heterocycles. The fourth-order valence-corrected chi connectivity index (χ4v) is 3.08. The van der Waals surface area contributed by atoms with Gasteiger partial charge in [-0.1, -0.05) is 12.1 Å². The van der Waals surface area contributed by atoms with Crippen molar-refractivity contribution in [1.29, 1.82) is 0 Å². The van der Waals surface area contributed by atoms with Gasteiger partial charge in [0, 0.05) is 28.0 Å². The topological polar surface area (TPSA) is 65.7 Å². The number of carbonyl (C=O) groups is 1. The number of rotatable bonds is 5. The third-order valence-corrected chi connectivity index (χ3v) is 4.52. The van der Waals surface area contributed by atoms with Crippen molar-refractivity contribution in [3.8, 4) is 5.75 Å². The van der Waals surface area contributed by atoms with E-state index in [0.29, 0.717) is 27.8 Å². The van der Waals surface area contributed by atoms with Gasteiger partial charge in [-0.15, -0.1) is 11.8 Å². The highest BCUT2D eigenvalue weighted by Gasteiger charge is 2.14. The average molecular weight is 356 g/mol. The number of carbonyl (C=O) groups excluding carboxylic acids is 1. The second-order valence-electron chi connectivity index (χ2n) is 5.23. The summed E-state index contributed by atoms with van der Waals surface area (Å²) in [6.07, 6.45) is 1.90. The molecule has 0 amide bonds. The predicted octanol–water partition coefficient (Wildman–Crippen LogP) is 3.88. The first-order valence-corrected chi connectivity index (χ1v) is 8.76. The summed E-state index contributed by atoms with van der Waals surface area (Å²) in [5.74, 6) is 0.151. The van der Waals surface area contributed by atoms with E-state index in [2.05, 4.69) is 0 Å². The van der Waals surface area contributed by atoms with Gasteiger partial charge in [0.25, 0.3) is 0 Å². The van der Waals surface area contributed by atoms with Gasteiger partial charge in [0.15, 0.2) is 0 Å².